The number of benzene rings is 3. The molecule has 4 nitrogen and oxygen atoms in total. The Hall–Kier alpha value is -3.27. The lowest BCUT2D eigenvalue weighted by molar-refractivity contribution is 0.0508. The van der Waals surface area contributed by atoms with Gasteiger partial charge in [0.2, 0.25) is 0 Å². The van der Waals surface area contributed by atoms with Crippen molar-refractivity contribution in [3.8, 4) is 5.75 Å². The van der Waals surface area contributed by atoms with E-state index in [1.807, 2.05) is 97.6 Å². The molecule has 0 saturated carbocycles. The van der Waals surface area contributed by atoms with E-state index < -0.39 is 5.66 Å². The molecule has 4 heteroatoms. The number of para-hydroxylation sites is 1. The lowest BCUT2D eigenvalue weighted by atomic mass is 9.92. The Labute approximate surface area is 172 Å². The van der Waals surface area contributed by atoms with Crippen molar-refractivity contribution in [1.82, 2.24) is 4.90 Å². The van der Waals surface area contributed by atoms with Crippen LogP contribution in [-0.2, 0) is 12.2 Å². The van der Waals surface area contributed by atoms with Crippen LogP contribution in [0, 0.1) is 0 Å². The summed E-state index contributed by atoms with van der Waals surface area (Å²) < 4.78 is 5.91. The van der Waals surface area contributed by atoms with Crippen LogP contribution in [0.25, 0.3) is 0 Å². The van der Waals surface area contributed by atoms with E-state index in [1.165, 1.54) is 0 Å². The molecule has 0 aromatic heterocycles. The fraction of sp³-hybridized carbons (Fsp3) is 0.240. The molecule has 3 aromatic carbocycles. The molecule has 0 spiro atoms. The van der Waals surface area contributed by atoms with Crippen molar-refractivity contribution in [2.24, 2.45) is 0 Å². The standard InChI is InChI=1S/C25H26N2O2/c1-18(2)29-21-13-9-12-20(16-21)25(3)26-23-15-8-7-14-22(23)24(28)27(25)17-19-10-5-4-6-11-19/h4-16,18,26H,17H2,1-3H3. The van der Waals surface area contributed by atoms with Crippen LogP contribution >= 0.6 is 0 Å². The first-order valence-electron chi connectivity index (χ1n) is 9.98. The Balaban J connectivity index is 1.80. The largest absolute Gasteiger partial charge is 0.491 e. The molecular weight excluding hydrogens is 360 g/mol. The second-order valence-electron chi connectivity index (χ2n) is 7.81. The monoisotopic (exact) mass is 386 g/mol. The molecule has 4 rings (SSSR count). The number of fused-ring (bicyclic) bond motifs is 1. The van der Waals surface area contributed by atoms with Gasteiger partial charge in [0.15, 0.2) is 0 Å². The molecule has 0 aliphatic carbocycles. The summed E-state index contributed by atoms with van der Waals surface area (Å²) in [5.74, 6) is 0.812. The minimum absolute atomic E-state index is 0.0147. The third kappa shape index (κ3) is 3.70. The number of amides is 1. The smallest absolute Gasteiger partial charge is 0.258 e. The summed E-state index contributed by atoms with van der Waals surface area (Å²) in [6.45, 7) is 6.58. The van der Waals surface area contributed by atoms with Gasteiger partial charge in [0, 0.05) is 17.8 Å². The molecule has 148 valence electrons. The second kappa shape index (κ2) is 7.63. The molecule has 1 unspecified atom stereocenters. The van der Waals surface area contributed by atoms with Crippen molar-refractivity contribution in [3.05, 3.63) is 95.6 Å². The average molecular weight is 386 g/mol. The summed E-state index contributed by atoms with van der Waals surface area (Å²) >= 11 is 0. The Morgan fingerprint density at radius 2 is 1.69 bits per heavy atom. The number of rotatable bonds is 5. The quantitative estimate of drug-likeness (QED) is 0.637. The third-order valence-corrected chi connectivity index (χ3v) is 5.27. The SMILES string of the molecule is CC(C)Oc1cccc(C2(C)Nc3ccccc3C(=O)N2Cc2ccccc2)c1. The summed E-state index contributed by atoms with van der Waals surface area (Å²) in [6.07, 6.45) is 0.0835. The number of hydrogen-bond acceptors (Lipinski definition) is 3. The van der Waals surface area contributed by atoms with Crippen LogP contribution in [0.5, 0.6) is 5.75 Å². The van der Waals surface area contributed by atoms with Gasteiger partial charge in [0.05, 0.1) is 11.7 Å². The van der Waals surface area contributed by atoms with Crippen LogP contribution in [0.4, 0.5) is 5.69 Å². The highest BCUT2D eigenvalue weighted by Gasteiger charge is 2.42. The van der Waals surface area contributed by atoms with Crippen LogP contribution in [-0.4, -0.2) is 16.9 Å². The highest BCUT2D eigenvalue weighted by molar-refractivity contribution is 6.02. The summed E-state index contributed by atoms with van der Waals surface area (Å²) in [4.78, 5) is 15.4. The first-order valence-corrected chi connectivity index (χ1v) is 9.98. The first kappa shape index (κ1) is 19.1. The Kier molecular flexibility index (Phi) is 5.01. The van der Waals surface area contributed by atoms with Gasteiger partial charge in [-0.25, -0.2) is 0 Å². The van der Waals surface area contributed by atoms with Crippen molar-refractivity contribution in [3.63, 3.8) is 0 Å². The van der Waals surface area contributed by atoms with Crippen LogP contribution in [0.3, 0.4) is 0 Å². The lowest BCUT2D eigenvalue weighted by Gasteiger charge is -2.47. The molecule has 0 bridgehead atoms. The Morgan fingerprint density at radius 1 is 0.966 bits per heavy atom. The molecule has 3 aromatic rings. The molecule has 0 radical (unpaired) electrons. The Morgan fingerprint density at radius 3 is 2.45 bits per heavy atom. The fourth-order valence-corrected chi connectivity index (χ4v) is 3.83. The molecule has 0 fully saturated rings. The van der Waals surface area contributed by atoms with Gasteiger partial charge in [-0.2, -0.15) is 0 Å². The molecule has 29 heavy (non-hydrogen) atoms. The molecule has 1 aliphatic rings. The maximum Gasteiger partial charge on any atom is 0.258 e. The minimum Gasteiger partial charge on any atom is -0.491 e. The lowest BCUT2D eigenvalue weighted by Crippen LogP contribution is -2.55. The number of carbonyl (C=O) groups is 1. The zero-order valence-electron chi connectivity index (χ0n) is 17.1. The van der Waals surface area contributed by atoms with Crippen LogP contribution in [0.2, 0.25) is 0 Å². The normalized spacial score (nSPS) is 18.3. The van der Waals surface area contributed by atoms with Crippen LogP contribution in [0.15, 0.2) is 78.9 Å². The average Bonchev–Trinajstić information content (AvgIpc) is 2.72. The summed E-state index contributed by atoms with van der Waals surface area (Å²) in [5.41, 5.74) is 2.89. The number of carbonyl (C=O) groups excluding carboxylic acids is 1. The number of anilines is 1. The van der Waals surface area contributed by atoms with E-state index >= 15 is 0 Å². The van der Waals surface area contributed by atoms with E-state index in [-0.39, 0.29) is 12.0 Å². The van der Waals surface area contributed by atoms with E-state index in [9.17, 15) is 4.79 Å². The molecule has 1 N–H and O–H groups in total. The zero-order chi connectivity index (χ0) is 20.4. The summed E-state index contributed by atoms with van der Waals surface area (Å²) in [5, 5.41) is 3.62. The number of nitrogens with one attached hydrogen (secondary N) is 1. The van der Waals surface area contributed by atoms with Crippen molar-refractivity contribution in [2.75, 3.05) is 5.32 Å². The van der Waals surface area contributed by atoms with Crippen LogP contribution in [0.1, 0.15) is 42.3 Å². The highest BCUT2D eigenvalue weighted by atomic mass is 16.5. The molecule has 0 saturated heterocycles. The number of nitrogens with zero attached hydrogens (tertiary/aromatic N) is 1. The predicted molar refractivity (Wildman–Crippen MR) is 116 cm³/mol. The van der Waals surface area contributed by atoms with Gasteiger partial charge in [-0.1, -0.05) is 54.6 Å². The van der Waals surface area contributed by atoms with Crippen molar-refractivity contribution in [1.29, 1.82) is 0 Å². The van der Waals surface area contributed by atoms with Gasteiger partial charge in [0.1, 0.15) is 11.4 Å². The van der Waals surface area contributed by atoms with Gasteiger partial charge in [-0.05, 0) is 50.6 Å². The van der Waals surface area contributed by atoms with Gasteiger partial charge in [0.25, 0.3) is 5.91 Å². The van der Waals surface area contributed by atoms with Crippen molar-refractivity contribution < 1.29 is 9.53 Å². The van der Waals surface area contributed by atoms with E-state index in [4.69, 9.17) is 4.74 Å². The molecule has 1 atom stereocenters. The van der Waals surface area contributed by atoms with Gasteiger partial charge in [-0.3, -0.25) is 4.79 Å². The van der Waals surface area contributed by atoms with E-state index in [0.717, 1.165) is 22.6 Å². The maximum absolute atomic E-state index is 13.5. The van der Waals surface area contributed by atoms with E-state index in [0.29, 0.717) is 12.1 Å². The Bertz CT molecular complexity index is 1020. The predicted octanol–water partition coefficient (Wildman–Crippen LogP) is 5.41. The molecule has 1 aliphatic heterocycles. The second-order valence-corrected chi connectivity index (χ2v) is 7.81. The van der Waals surface area contributed by atoms with Crippen LogP contribution < -0.4 is 10.1 Å². The minimum atomic E-state index is -0.711. The van der Waals surface area contributed by atoms with Crippen molar-refractivity contribution >= 4 is 11.6 Å². The number of ether oxygens (including phenoxy) is 1. The molecule has 1 amide bonds. The first-order chi connectivity index (χ1) is 14.0. The van der Waals surface area contributed by atoms with Crippen molar-refractivity contribution in [2.45, 2.75) is 39.1 Å². The third-order valence-electron chi connectivity index (χ3n) is 5.27. The topological polar surface area (TPSA) is 41.6 Å². The zero-order valence-corrected chi connectivity index (χ0v) is 17.1. The highest BCUT2D eigenvalue weighted by Crippen LogP contribution is 2.39. The summed E-state index contributed by atoms with van der Waals surface area (Å²) in [7, 11) is 0. The van der Waals surface area contributed by atoms with Gasteiger partial charge in [-0.15, -0.1) is 0 Å². The van der Waals surface area contributed by atoms with Gasteiger partial charge < -0.3 is 15.0 Å². The maximum atomic E-state index is 13.5. The summed E-state index contributed by atoms with van der Waals surface area (Å²) in [6, 6.07) is 25.8. The number of hydrogen-bond donors (Lipinski definition) is 1. The van der Waals surface area contributed by atoms with E-state index in [1.54, 1.807) is 0 Å². The molecular formula is C25H26N2O2. The fourth-order valence-electron chi connectivity index (χ4n) is 3.83. The van der Waals surface area contributed by atoms with Gasteiger partial charge >= 0.3 is 0 Å². The van der Waals surface area contributed by atoms with E-state index in [2.05, 4.69) is 12.2 Å². The molecule has 1 heterocycles.